The summed E-state index contributed by atoms with van der Waals surface area (Å²) in [5.41, 5.74) is 0.885. The predicted octanol–water partition coefficient (Wildman–Crippen LogP) is 2.01. The van der Waals surface area contributed by atoms with Gasteiger partial charge < -0.3 is 14.6 Å². The summed E-state index contributed by atoms with van der Waals surface area (Å²) in [4.78, 5) is 14.7. The number of benzene rings is 1. The summed E-state index contributed by atoms with van der Waals surface area (Å²) in [6.07, 6.45) is 0. The van der Waals surface area contributed by atoms with Crippen LogP contribution in [0.2, 0.25) is 0 Å². The predicted molar refractivity (Wildman–Crippen MR) is 71.5 cm³/mol. The maximum absolute atomic E-state index is 11.1. The highest BCUT2D eigenvalue weighted by Crippen LogP contribution is 2.29. The molecule has 0 aliphatic rings. The molecule has 0 spiro atoms. The Balaban J connectivity index is 2.30. The Hall–Kier alpha value is -2.48. The molecule has 0 amide bonds. The molecule has 2 rings (SSSR count). The van der Waals surface area contributed by atoms with Crippen LogP contribution in [0.1, 0.15) is 5.82 Å². The second-order valence-corrected chi connectivity index (χ2v) is 4.06. The first-order valence-electron chi connectivity index (χ1n) is 5.93. The van der Waals surface area contributed by atoms with E-state index in [1.807, 2.05) is 0 Å². The van der Waals surface area contributed by atoms with Gasteiger partial charge >= 0.3 is 0 Å². The number of ether oxygens (including phenoxy) is 1. The lowest BCUT2D eigenvalue weighted by molar-refractivity contribution is -0.383. The minimum atomic E-state index is -0.456. The van der Waals surface area contributed by atoms with Crippen molar-refractivity contribution in [3.63, 3.8) is 0 Å². The summed E-state index contributed by atoms with van der Waals surface area (Å²) in [6, 6.07) is 4.71. The number of hydrogen-bond donors (Lipinski definition) is 1. The lowest BCUT2D eigenvalue weighted by Crippen LogP contribution is -2.09. The summed E-state index contributed by atoms with van der Waals surface area (Å²) in [5.74, 6) is 0.735. The van der Waals surface area contributed by atoms with Crippen molar-refractivity contribution in [3.8, 4) is 11.5 Å². The SMILES string of the molecule is COCCNc1ccc(-c2nc(C)no2)cc1[N+](=O)[O-]. The number of nitrogens with zero attached hydrogens (tertiary/aromatic N) is 3. The van der Waals surface area contributed by atoms with Gasteiger partial charge in [0.1, 0.15) is 5.69 Å². The zero-order chi connectivity index (χ0) is 14.5. The Bertz CT molecular complexity index is 611. The zero-order valence-electron chi connectivity index (χ0n) is 11.1. The molecule has 2 aromatic rings. The molecule has 0 bridgehead atoms. The first-order chi connectivity index (χ1) is 9.61. The highest BCUT2D eigenvalue weighted by atomic mass is 16.6. The number of nitrogens with one attached hydrogen (secondary N) is 1. The number of rotatable bonds is 6. The zero-order valence-corrected chi connectivity index (χ0v) is 11.1. The summed E-state index contributed by atoms with van der Waals surface area (Å²) in [6.45, 7) is 2.63. The molecule has 8 nitrogen and oxygen atoms in total. The van der Waals surface area contributed by atoms with Gasteiger partial charge in [-0.3, -0.25) is 10.1 Å². The number of nitro benzene ring substituents is 1. The van der Waals surface area contributed by atoms with Crippen LogP contribution in [0.3, 0.4) is 0 Å². The van der Waals surface area contributed by atoms with Crippen molar-refractivity contribution in [2.75, 3.05) is 25.6 Å². The Morgan fingerprint density at radius 2 is 2.30 bits per heavy atom. The van der Waals surface area contributed by atoms with Crippen molar-refractivity contribution in [1.29, 1.82) is 0 Å². The van der Waals surface area contributed by atoms with Gasteiger partial charge in [-0.05, 0) is 19.1 Å². The second kappa shape index (κ2) is 6.11. The van der Waals surface area contributed by atoms with Gasteiger partial charge in [0, 0.05) is 25.3 Å². The molecule has 0 radical (unpaired) electrons. The molecule has 0 saturated carbocycles. The van der Waals surface area contributed by atoms with E-state index < -0.39 is 4.92 Å². The van der Waals surface area contributed by atoms with Crippen LogP contribution in [0.25, 0.3) is 11.5 Å². The van der Waals surface area contributed by atoms with Crippen LogP contribution >= 0.6 is 0 Å². The number of hydrogen-bond acceptors (Lipinski definition) is 7. The van der Waals surface area contributed by atoms with E-state index in [2.05, 4.69) is 15.5 Å². The van der Waals surface area contributed by atoms with Crippen LogP contribution in [-0.4, -0.2) is 35.3 Å². The fraction of sp³-hybridized carbons (Fsp3) is 0.333. The van der Waals surface area contributed by atoms with Crippen LogP contribution in [0.5, 0.6) is 0 Å². The molecule has 20 heavy (non-hydrogen) atoms. The van der Waals surface area contributed by atoms with Gasteiger partial charge in [-0.15, -0.1) is 0 Å². The molecule has 0 saturated heterocycles. The largest absolute Gasteiger partial charge is 0.383 e. The Morgan fingerprint density at radius 3 is 2.90 bits per heavy atom. The van der Waals surface area contributed by atoms with E-state index in [1.54, 1.807) is 26.2 Å². The Morgan fingerprint density at radius 1 is 1.50 bits per heavy atom. The summed E-state index contributed by atoms with van der Waals surface area (Å²) >= 11 is 0. The topological polar surface area (TPSA) is 103 Å². The highest BCUT2D eigenvalue weighted by molar-refractivity contribution is 5.69. The summed E-state index contributed by atoms with van der Waals surface area (Å²) in [7, 11) is 1.57. The molecule has 8 heteroatoms. The van der Waals surface area contributed by atoms with Gasteiger partial charge in [-0.25, -0.2) is 0 Å². The molecule has 1 aromatic carbocycles. The van der Waals surface area contributed by atoms with Gasteiger partial charge in [0.05, 0.1) is 11.5 Å². The normalized spacial score (nSPS) is 10.5. The standard InChI is InChI=1S/C12H14N4O4/c1-8-14-12(20-15-8)9-3-4-10(13-5-6-19-2)11(7-9)16(17)18/h3-4,7,13H,5-6H2,1-2H3. The lowest BCUT2D eigenvalue weighted by atomic mass is 10.1. The van der Waals surface area contributed by atoms with Gasteiger partial charge in [-0.1, -0.05) is 5.16 Å². The van der Waals surface area contributed by atoms with Crippen LogP contribution in [-0.2, 0) is 4.74 Å². The third-order valence-corrected chi connectivity index (χ3v) is 2.59. The third-order valence-electron chi connectivity index (χ3n) is 2.59. The number of nitro groups is 1. The fourth-order valence-electron chi connectivity index (χ4n) is 1.67. The van der Waals surface area contributed by atoms with Crippen molar-refractivity contribution < 1.29 is 14.2 Å². The van der Waals surface area contributed by atoms with Gasteiger partial charge in [0.2, 0.25) is 0 Å². The maximum Gasteiger partial charge on any atom is 0.293 e. The first-order valence-corrected chi connectivity index (χ1v) is 5.93. The Labute approximate surface area is 114 Å². The van der Waals surface area contributed by atoms with Crippen LogP contribution in [0.4, 0.5) is 11.4 Å². The van der Waals surface area contributed by atoms with E-state index in [4.69, 9.17) is 9.26 Å². The average molecular weight is 278 g/mol. The second-order valence-electron chi connectivity index (χ2n) is 4.06. The molecule has 0 aliphatic carbocycles. The number of methoxy groups -OCH3 is 1. The lowest BCUT2D eigenvalue weighted by Gasteiger charge is -2.07. The van der Waals surface area contributed by atoms with E-state index in [0.717, 1.165) is 0 Å². The van der Waals surface area contributed by atoms with E-state index in [9.17, 15) is 10.1 Å². The van der Waals surface area contributed by atoms with E-state index in [0.29, 0.717) is 30.2 Å². The van der Waals surface area contributed by atoms with Gasteiger partial charge in [-0.2, -0.15) is 4.98 Å². The molecule has 0 unspecified atom stereocenters. The number of aryl methyl sites for hydroxylation is 1. The smallest absolute Gasteiger partial charge is 0.293 e. The molecular formula is C12H14N4O4. The van der Waals surface area contributed by atoms with Crippen LogP contribution < -0.4 is 5.32 Å². The Kier molecular flexibility index (Phi) is 4.26. The molecule has 1 aromatic heterocycles. The van der Waals surface area contributed by atoms with E-state index >= 15 is 0 Å². The van der Waals surface area contributed by atoms with E-state index in [-0.39, 0.29) is 11.6 Å². The van der Waals surface area contributed by atoms with Crippen molar-refractivity contribution in [2.24, 2.45) is 0 Å². The summed E-state index contributed by atoms with van der Waals surface area (Å²) in [5, 5.41) is 17.7. The third kappa shape index (κ3) is 3.09. The number of anilines is 1. The minimum Gasteiger partial charge on any atom is -0.383 e. The summed E-state index contributed by atoms with van der Waals surface area (Å²) < 4.78 is 9.89. The monoisotopic (exact) mass is 278 g/mol. The number of aromatic nitrogens is 2. The molecule has 0 fully saturated rings. The van der Waals surface area contributed by atoms with Gasteiger partial charge in [0.15, 0.2) is 5.82 Å². The molecule has 1 N–H and O–H groups in total. The quantitative estimate of drug-likeness (QED) is 0.489. The highest BCUT2D eigenvalue weighted by Gasteiger charge is 2.17. The van der Waals surface area contributed by atoms with Crippen molar-refractivity contribution in [1.82, 2.24) is 10.1 Å². The first kappa shape index (κ1) is 13.9. The minimum absolute atomic E-state index is 0.0468. The molecule has 0 aliphatic heterocycles. The van der Waals surface area contributed by atoms with Crippen molar-refractivity contribution in [3.05, 3.63) is 34.1 Å². The fourth-order valence-corrected chi connectivity index (χ4v) is 1.67. The van der Waals surface area contributed by atoms with Crippen molar-refractivity contribution in [2.45, 2.75) is 6.92 Å². The van der Waals surface area contributed by atoms with Gasteiger partial charge in [0.25, 0.3) is 11.6 Å². The maximum atomic E-state index is 11.1. The average Bonchev–Trinajstić information content (AvgIpc) is 2.86. The van der Waals surface area contributed by atoms with Crippen LogP contribution in [0.15, 0.2) is 22.7 Å². The van der Waals surface area contributed by atoms with E-state index in [1.165, 1.54) is 6.07 Å². The molecular weight excluding hydrogens is 264 g/mol. The molecule has 106 valence electrons. The van der Waals surface area contributed by atoms with Crippen molar-refractivity contribution >= 4 is 11.4 Å². The van der Waals surface area contributed by atoms with Crippen LogP contribution in [0, 0.1) is 17.0 Å². The molecule has 0 atom stereocenters. The molecule has 1 heterocycles.